The van der Waals surface area contributed by atoms with Crippen LogP contribution in [0.1, 0.15) is 10.4 Å². The first-order valence-electron chi connectivity index (χ1n) is 5.44. The highest BCUT2D eigenvalue weighted by molar-refractivity contribution is 9.10. The number of anilines is 1. The quantitative estimate of drug-likeness (QED) is 0.746. The fourth-order valence-electron chi connectivity index (χ4n) is 2.01. The van der Waals surface area contributed by atoms with E-state index >= 15 is 0 Å². The Hall–Kier alpha value is -1.40. The summed E-state index contributed by atoms with van der Waals surface area (Å²) >= 11 is 5.11. The number of thiazole rings is 1. The molecule has 0 spiro atoms. The van der Waals surface area contributed by atoms with E-state index in [1.807, 2.05) is 10.6 Å². The fraction of sp³-hybridized carbons (Fsp3) is 0.167. The average Bonchev–Trinajstić information content (AvgIpc) is 2.77. The number of halogens is 1. The molecule has 0 aliphatic rings. The van der Waals surface area contributed by atoms with E-state index in [0.29, 0.717) is 5.95 Å². The molecular formula is C12H11BrN4S. The molecule has 4 nitrogen and oxygen atoms in total. The number of nitrogens with zero attached hydrogens (tertiary/aromatic N) is 3. The summed E-state index contributed by atoms with van der Waals surface area (Å²) in [5, 5.41) is 4.26. The Labute approximate surface area is 117 Å². The van der Waals surface area contributed by atoms with E-state index in [0.717, 1.165) is 20.7 Å². The molecule has 3 aromatic rings. The Morgan fingerprint density at radius 2 is 2.11 bits per heavy atom. The van der Waals surface area contributed by atoms with Gasteiger partial charge in [0.1, 0.15) is 0 Å². The van der Waals surface area contributed by atoms with Crippen molar-refractivity contribution in [1.29, 1.82) is 0 Å². The summed E-state index contributed by atoms with van der Waals surface area (Å²) in [6.07, 6.45) is 0. The van der Waals surface area contributed by atoms with Gasteiger partial charge in [0, 0.05) is 14.9 Å². The first-order chi connectivity index (χ1) is 8.56. The monoisotopic (exact) mass is 322 g/mol. The minimum absolute atomic E-state index is 0.315. The van der Waals surface area contributed by atoms with Crippen molar-refractivity contribution in [3.05, 3.63) is 33.1 Å². The van der Waals surface area contributed by atoms with Crippen LogP contribution in [0, 0.1) is 13.8 Å². The highest BCUT2D eigenvalue weighted by atomic mass is 79.9. The van der Waals surface area contributed by atoms with Gasteiger partial charge in [0.25, 0.3) is 0 Å². The molecule has 18 heavy (non-hydrogen) atoms. The van der Waals surface area contributed by atoms with E-state index in [4.69, 9.17) is 5.73 Å². The second-order valence-corrected chi connectivity index (χ2v) is 6.23. The Morgan fingerprint density at radius 1 is 1.33 bits per heavy atom. The number of rotatable bonds is 1. The second-order valence-electron chi connectivity index (χ2n) is 4.13. The molecule has 0 aliphatic heterocycles. The zero-order chi connectivity index (χ0) is 12.9. The van der Waals surface area contributed by atoms with Crippen molar-refractivity contribution >= 4 is 38.2 Å². The number of aromatic nitrogens is 3. The van der Waals surface area contributed by atoms with Gasteiger partial charge in [-0.1, -0.05) is 33.3 Å². The Balaban J connectivity index is 2.36. The zero-order valence-electron chi connectivity index (χ0n) is 9.94. The number of nitrogen functional groups attached to an aromatic ring is 1. The van der Waals surface area contributed by atoms with E-state index in [2.05, 4.69) is 52.0 Å². The van der Waals surface area contributed by atoms with E-state index in [-0.39, 0.29) is 0 Å². The van der Waals surface area contributed by atoms with Gasteiger partial charge < -0.3 is 5.73 Å². The third-order valence-electron chi connectivity index (χ3n) is 2.84. The molecule has 0 unspecified atom stereocenters. The standard InChI is InChI=1S/C12H11BrN4S/c1-6-3-4-8(13)5-9(6)10-7(2)18-12-15-11(14)16-17(10)12/h3-5H,1-2H3,(H2,14,16). The van der Waals surface area contributed by atoms with Crippen LogP contribution >= 0.6 is 27.3 Å². The minimum atomic E-state index is 0.315. The highest BCUT2D eigenvalue weighted by Crippen LogP contribution is 2.33. The van der Waals surface area contributed by atoms with Crippen LogP contribution < -0.4 is 5.73 Å². The molecule has 0 atom stereocenters. The molecule has 0 amide bonds. The predicted molar refractivity (Wildman–Crippen MR) is 77.9 cm³/mol. The summed E-state index contributed by atoms with van der Waals surface area (Å²) in [4.78, 5) is 6.23. The molecule has 0 bridgehead atoms. The average molecular weight is 323 g/mol. The lowest BCUT2D eigenvalue weighted by molar-refractivity contribution is 0.985. The van der Waals surface area contributed by atoms with Crippen molar-refractivity contribution in [2.24, 2.45) is 0 Å². The fourth-order valence-corrected chi connectivity index (χ4v) is 3.30. The van der Waals surface area contributed by atoms with Crippen LogP contribution in [0.3, 0.4) is 0 Å². The first-order valence-corrected chi connectivity index (χ1v) is 7.05. The van der Waals surface area contributed by atoms with Crippen LogP contribution in [-0.2, 0) is 0 Å². The van der Waals surface area contributed by atoms with Crippen LogP contribution in [0.2, 0.25) is 0 Å². The lowest BCUT2D eigenvalue weighted by Crippen LogP contribution is -1.94. The molecule has 92 valence electrons. The molecule has 1 aromatic carbocycles. The van der Waals surface area contributed by atoms with Gasteiger partial charge in [0.2, 0.25) is 10.9 Å². The van der Waals surface area contributed by atoms with Crippen LogP contribution in [0.15, 0.2) is 22.7 Å². The number of hydrogen-bond acceptors (Lipinski definition) is 4. The van der Waals surface area contributed by atoms with Crippen molar-refractivity contribution in [3.8, 4) is 11.3 Å². The van der Waals surface area contributed by atoms with Crippen LogP contribution in [0.4, 0.5) is 5.95 Å². The normalized spacial score (nSPS) is 11.3. The maximum absolute atomic E-state index is 5.65. The number of aryl methyl sites for hydroxylation is 2. The zero-order valence-corrected chi connectivity index (χ0v) is 12.3. The number of hydrogen-bond donors (Lipinski definition) is 1. The largest absolute Gasteiger partial charge is 0.366 e. The van der Waals surface area contributed by atoms with Crippen molar-refractivity contribution < 1.29 is 0 Å². The Morgan fingerprint density at radius 3 is 2.89 bits per heavy atom. The highest BCUT2D eigenvalue weighted by Gasteiger charge is 2.16. The maximum atomic E-state index is 5.65. The van der Waals surface area contributed by atoms with Gasteiger partial charge in [0.05, 0.1) is 5.69 Å². The van der Waals surface area contributed by atoms with E-state index < -0.39 is 0 Å². The Bertz CT molecular complexity index is 744. The van der Waals surface area contributed by atoms with Gasteiger partial charge in [-0.2, -0.15) is 4.98 Å². The third-order valence-corrected chi connectivity index (χ3v) is 4.28. The number of fused-ring (bicyclic) bond motifs is 1. The second kappa shape index (κ2) is 4.07. The molecule has 0 aliphatic carbocycles. The molecule has 0 fully saturated rings. The van der Waals surface area contributed by atoms with Crippen molar-refractivity contribution in [2.45, 2.75) is 13.8 Å². The molecule has 2 heterocycles. The van der Waals surface area contributed by atoms with Gasteiger partial charge >= 0.3 is 0 Å². The van der Waals surface area contributed by atoms with E-state index in [1.54, 1.807) is 11.3 Å². The smallest absolute Gasteiger partial charge is 0.241 e. The van der Waals surface area contributed by atoms with Gasteiger partial charge in [-0.05, 0) is 31.5 Å². The summed E-state index contributed by atoms with van der Waals surface area (Å²) in [5.41, 5.74) is 9.08. The summed E-state index contributed by atoms with van der Waals surface area (Å²) in [7, 11) is 0. The Kier molecular flexibility index (Phi) is 2.64. The minimum Gasteiger partial charge on any atom is -0.366 e. The summed E-state index contributed by atoms with van der Waals surface area (Å²) < 4.78 is 2.87. The molecular weight excluding hydrogens is 312 g/mol. The number of nitrogens with two attached hydrogens (primary N) is 1. The molecule has 6 heteroatoms. The number of benzene rings is 1. The predicted octanol–water partition coefficient (Wildman–Crippen LogP) is 3.42. The lowest BCUT2D eigenvalue weighted by atomic mass is 10.1. The van der Waals surface area contributed by atoms with E-state index in [9.17, 15) is 0 Å². The van der Waals surface area contributed by atoms with Gasteiger partial charge in [-0.3, -0.25) is 0 Å². The maximum Gasteiger partial charge on any atom is 0.241 e. The summed E-state index contributed by atoms with van der Waals surface area (Å²) in [6.45, 7) is 4.16. The van der Waals surface area contributed by atoms with Crippen LogP contribution in [-0.4, -0.2) is 14.6 Å². The molecule has 0 saturated carbocycles. The van der Waals surface area contributed by atoms with Crippen molar-refractivity contribution in [3.63, 3.8) is 0 Å². The SMILES string of the molecule is Cc1ccc(Br)cc1-c1c(C)sc2nc(N)nn12. The van der Waals surface area contributed by atoms with Crippen LogP contribution in [0.5, 0.6) is 0 Å². The van der Waals surface area contributed by atoms with Crippen molar-refractivity contribution in [1.82, 2.24) is 14.6 Å². The summed E-state index contributed by atoms with van der Waals surface area (Å²) in [6, 6.07) is 6.22. The molecule has 2 N–H and O–H groups in total. The molecule has 3 rings (SSSR count). The topological polar surface area (TPSA) is 56.2 Å². The molecule has 0 radical (unpaired) electrons. The van der Waals surface area contributed by atoms with Gasteiger partial charge in [-0.25, -0.2) is 4.52 Å². The van der Waals surface area contributed by atoms with Gasteiger partial charge in [0.15, 0.2) is 0 Å². The van der Waals surface area contributed by atoms with Crippen molar-refractivity contribution in [2.75, 3.05) is 5.73 Å². The molecule has 2 aromatic heterocycles. The van der Waals surface area contributed by atoms with Gasteiger partial charge in [-0.15, -0.1) is 5.10 Å². The third kappa shape index (κ3) is 1.72. The van der Waals surface area contributed by atoms with Crippen LogP contribution in [0.25, 0.3) is 16.2 Å². The molecule has 0 saturated heterocycles. The lowest BCUT2D eigenvalue weighted by Gasteiger charge is -2.06. The van der Waals surface area contributed by atoms with E-state index in [1.165, 1.54) is 10.4 Å². The first kappa shape index (κ1) is 11.7. The summed E-state index contributed by atoms with van der Waals surface area (Å²) in [5.74, 6) is 0.315.